The molecule has 3 aromatic carbocycles. The highest BCUT2D eigenvalue weighted by Crippen LogP contribution is 2.36. The van der Waals surface area contributed by atoms with E-state index < -0.39 is 0 Å². The van der Waals surface area contributed by atoms with E-state index in [1.807, 2.05) is 54.6 Å². The fraction of sp³-hybridized carbons (Fsp3) is 0.0645. The fourth-order valence-corrected chi connectivity index (χ4v) is 4.85. The molecule has 6 rings (SSSR count). The van der Waals surface area contributed by atoms with Gasteiger partial charge in [-0.25, -0.2) is 4.98 Å². The van der Waals surface area contributed by atoms with Crippen LogP contribution in [-0.4, -0.2) is 15.0 Å². The van der Waals surface area contributed by atoms with Crippen molar-refractivity contribution >= 4 is 33.5 Å². The number of halogens is 1. The van der Waals surface area contributed by atoms with Crippen molar-refractivity contribution in [1.82, 2.24) is 15.0 Å². The molecule has 36 heavy (non-hydrogen) atoms. The molecule has 4 nitrogen and oxygen atoms in total. The summed E-state index contributed by atoms with van der Waals surface area (Å²) in [5.41, 5.74) is 7.81. The zero-order valence-corrected chi connectivity index (χ0v) is 20.4. The Balaban J connectivity index is 1.57. The van der Waals surface area contributed by atoms with Crippen LogP contribution in [0.4, 0.5) is 0 Å². The smallest absolute Gasteiger partial charge is 0.253 e. The third-order valence-corrected chi connectivity index (χ3v) is 6.73. The first kappa shape index (κ1) is 22.2. The molecule has 3 aromatic heterocycles. The minimum absolute atomic E-state index is 0.123. The van der Waals surface area contributed by atoms with Crippen LogP contribution in [0, 0.1) is 6.92 Å². The first-order valence-corrected chi connectivity index (χ1v) is 12.2. The molecule has 0 spiro atoms. The summed E-state index contributed by atoms with van der Waals surface area (Å²) in [6.45, 7) is 2.05. The Morgan fingerprint density at radius 1 is 0.833 bits per heavy atom. The predicted molar refractivity (Wildman–Crippen MR) is 148 cm³/mol. The van der Waals surface area contributed by atoms with Crippen molar-refractivity contribution in [1.29, 1.82) is 0 Å². The van der Waals surface area contributed by atoms with Crippen LogP contribution in [0.3, 0.4) is 0 Å². The topological polar surface area (TPSA) is 58.6 Å². The predicted octanol–water partition coefficient (Wildman–Crippen LogP) is 7.36. The average molecular weight is 488 g/mol. The molecule has 174 valence electrons. The highest BCUT2D eigenvalue weighted by atomic mass is 35.5. The van der Waals surface area contributed by atoms with E-state index in [1.165, 1.54) is 5.56 Å². The molecule has 0 atom stereocenters. The molecule has 3 heterocycles. The average Bonchev–Trinajstić information content (AvgIpc) is 2.90. The number of hydrogen-bond donors (Lipinski definition) is 1. The van der Waals surface area contributed by atoms with Gasteiger partial charge in [0, 0.05) is 40.1 Å². The second-order valence-corrected chi connectivity index (χ2v) is 9.41. The first-order chi connectivity index (χ1) is 17.5. The van der Waals surface area contributed by atoms with Crippen LogP contribution in [0.1, 0.15) is 16.7 Å². The summed E-state index contributed by atoms with van der Waals surface area (Å²) in [7, 11) is 0. The molecule has 0 fully saturated rings. The van der Waals surface area contributed by atoms with Gasteiger partial charge in [0.25, 0.3) is 5.56 Å². The number of nitrogens with one attached hydrogen (secondary N) is 1. The van der Waals surface area contributed by atoms with Gasteiger partial charge in [-0.1, -0.05) is 77.8 Å². The molecule has 0 saturated heterocycles. The van der Waals surface area contributed by atoms with Gasteiger partial charge in [-0.2, -0.15) is 0 Å². The lowest BCUT2D eigenvalue weighted by Crippen LogP contribution is -2.13. The molecule has 0 bridgehead atoms. The number of aromatic nitrogens is 3. The van der Waals surface area contributed by atoms with Crippen LogP contribution in [0.15, 0.2) is 102 Å². The molecule has 0 radical (unpaired) electrons. The Kier molecular flexibility index (Phi) is 5.59. The van der Waals surface area contributed by atoms with Crippen LogP contribution in [0.25, 0.3) is 44.3 Å². The van der Waals surface area contributed by atoms with Gasteiger partial charge in [0.1, 0.15) is 5.65 Å². The van der Waals surface area contributed by atoms with E-state index in [0.29, 0.717) is 22.7 Å². The molecule has 0 aliphatic carbocycles. The van der Waals surface area contributed by atoms with Crippen molar-refractivity contribution in [2.45, 2.75) is 13.3 Å². The van der Waals surface area contributed by atoms with Crippen molar-refractivity contribution in [2.75, 3.05) is 0 Å². The number of benzene rings is 3. The van der Waals surface area contributed by atoms with Gasteiger partial charge in [-0.05, 0) is 48.4 Å². The standard InChI is InChI=1S/C31H22ClN3O/c1-19-9-11-20(12-10-19)14-25-16-24-17-26(23-15-22-8-5-13-33-29(22)27(32)18-23)28(21-6-3-2-4-7-21)34-30(24)35-31(25)36/h2-13,15-18H,14H2,1H3,(H,34,35,36). The van der Waals surface area contributed by atoms with Crippen molar-refractivity contribution in [3.63, 3.8) is 0 Å². The van der Waals surface area contributed by atoms with E-state index in [0.717, 1.165) is 44.2 Å². The maximum Gasteiger partial charge on any atom is 0.253 e. The number of nitrogens with zero attached hydrogens (tertiary/aromatic N) is 2. The van der Waals surface area contributed by atoms with Gasteiger partial charge in [-0.15, -0.1) is 0 Å². The largest absolute Gasteiger partial charge is 0.306 e. The van der Waals surface area contributed by atoms with Gasteiger partial charge >= 0.3 is 0 Å². The van der Waals surface area contributed by atoms with E-state index in [9.17, 15) is 4.79 Å². The van der Waals surface area contributed by atoms with E-state index in [2.05, 4.69) is 53.3 Å². The minimum atomic E-state index is -0.123. The van der Waals surface area contributed by atoms with Crippen LogP contribution >= 0.6 is 11.6 Å². The Labute approximate surface area is 213 Å². The Bertz CT molecular complexity index is 1790. The molecule has 0 aliphatic rings. The number of pyridine rings is 3. The van der Waals surface area contributed by atoms with Crippen LogP contribution < -0.4 is 5.56 Å². The van der Waals surface area contributed by atoms with Gasteiger partial charge in [0.05, 0.1) is 16.2 Å². The normalized spacial score (nSPS) is 11.3. The Morgan fingerprint density at radius 2 is 1.64 bits per heavy atom. The van der Waals surface area contributed by atoms with E-state index in [-0.39, 0.29) is 5.56 Å². The van der Waals surface area contributed by atoms with E-state index in [1.54, 1.807) is 6.20 Å². The maximum absolute atomic E-state index is 13.0. The van der Waals surface area contributed by atoms with Crippen LogP contribution in [0.2, 0.25) is 5.02 Å². The number of hydrogen-bond acceptors (Lipinski definition) is 3. The number of aromatic amines is 1. The number of rotatable bonds is 4. The van der Waals surface area contributed by atoms with Crippen molar-refractivity contribution < 1.29 is 0 Å². The van der Waals surface area contributed by atoms with Gasteiger partial charge in [-0.3, -0.25) is 9.78 Å². The van der Waals surface area contributed by atoms with Crippen molar-refractivity contribution in [2.24, 2.45) is 0 Å². The molecular weight excluding hydrogens is 466 g/mol. The lowest BCUT2D eigenvalue weighted by molar-refractivity contribution is 1.10. The molecule has 0 amide bonds. The van der Waals surface area contributed by atoms with Gasteiger partial charge in [0.15, 0.2) is 0 Å². The third kappa shape index (κ3) is 4.16. The van der Waals surface area contributed by atoms with Crippen molar-refractivity contribution in [3.8, 4) is 22.4 Å². The first-order valence-electron chi connectivity index (χ1n) is 11.8. The maximum atomic E-state index is 13.0. The fourth-order valence-electron chi connectivity index (χ4n) is 4.58. The molecule has 5 heteroatoms. The minimum Gasteiger partial charge on any atom is -0.306 e. The third-order valence-electron chi connectivity index (χ3n) is 6.44. The summed E-state index contributed by atoms with van der Waals surface area (Å²) in [5, 5.41) is 2.41. The zero-order chi connectivity index (χ0) is 24.6. The second-order valence-electron chi connectivity index (χ2n) is 9.01. The molecule has 6 aromatic rings. The summed E-state index contributed by atoms with van der Waals surface area (Å²) in [4.78, 5) is 25.4. The van der Waals surface area contributed by atoms with Crippen LogP contribution in [-0.2, 0) is 6.42 Å². The van der Waals surface area contributed by atoms with Gasteiger partial charge in [0.2, 0.25) is 0 Å². The summed E-state index contributed by atoms with van der Waals surface area (Å²) < 4.78 is 0. The summed E-state index contributed by atoms with van der Waals surface area (Å²) in [5.74, 6) is 0. The highest BCUT2D eigenvalue weighted by Gasteiger charge is 2.15. The zero-order valence-electron chi connectivity index (χ0n) is 19.6. The Hall–Kier alpha value is -4.28. The number of H-pyrrole nitrogens is 1. The molecule has 0 unspecified atom stereocenters. The van der Waals surface area contributed by atoms with E-state index >= 15 is 0 Å². The second kappa shape index (κ2) is 9.06. The molecule has 0 saturated carbocycles. The highest BCUT2D eigenvalue weighted by molar-refractivity contribution is 6.35. The summed E-state index contributed by atoms with van der Waals surface area (Å²) >= 11 is 6.65. The van der Waals surface area contributed by atoms with E-state index in [4.69, 9.17) is 16.6 Å². The number of aryl methyl sites for hydroxylation is 1. The van der Waals surface area contributed by atoms with Crippen molar-refractivity contribution in [3.05, 3.63) is 129 Å². The lowest BCUT2D eigenvalue weighted by atomic mass is 9.96. The summed E-state index contributed by atoms with van der Waals surface area (Å²) in [6.07, 6.45) is 2.29. The number of fused-ring (bicyclic) bond motifs is 2. The quantitative estimate of drug-likeness (QED) is 0.282. The van der Waals surface area contributed by atoms with Crippen LogP contribution in [0.5, 0.6) is 0 Å². The monoisotopic (exact) mass is 487 g/mol. The Morgan fingerprint density at radius 3 is 2.44 bits per heavy atom. The van der Waals surface area contributed by atoms with Gasteiger partial charge < -0.3 is 4.98 Å². The molecule has 0 aliphatic heterocycles. The molecular formula is C31H22ClN3O. The SMILES string of the molecule is Cc1ccc(Cc2cc3cc(-c4cc(Cl)c5ncccc5c4)c(-c4ccccc4)nc3[nH]c2=O)cc1. The summed E-state index contributed by atoms with van der Waals surface area (Å²) in [6, 6.07) is 30.2. The lowest BCUT2D eigenvalue weighted by Gasteiger charge is -2.13. The molecule has 1 N–H and O–H groups in total.